The largest absolute Gasteiger partial charge is 0.465 e. The summed E-state index contributed by atoms with van der Waals surface area (Å²) < 4.78 is 4.64. The summed E-state index contributed by atoms with van der Waals surface area (Å²) in [6.45, 7) is 0.937. The van der Waals surface area contributed by atoms with Crippen molar-refractivity contribution in [3.63, 3.8) is 0 Å². The second-order valence-corrected chi connectivity index (χ2v) is 4.45. The van der Waals surface area contributed by atoms with Crippen LogP contribution in [0.3, 0.4) is 0 Å². The van der Waals surface area contributed by atoms with E-state index in [1.807, 2.05) is 6.07 Å². The van der Waals surface area contributed by atoms with E-state index in [0.717, 1.165) is 18.2 Å². The van der Waals surface area contributed by atoms with Gasteiger partial charge < -0.3 is 15.8 Å². The predicted octanol–water partition coefficient (Wildman–Crippen LogP) is 2.27. The molecule has 0 aliphatic heterocycles. The Balaban J connectivity index is 1.95. The Morgan fingerprint density at radius 3 is 2.88 bits per heavy atom. The Kier molecular flexibility index (Phi) is 3.52. The van der Waals surface area contributed by atoms with Crippen molar-refractivity contribution in [1.82, 2.24) is 0 Å². The number of carbonyl (C=O) groups is 1. The molecular weight excluding hydrogens is 216 g/mol. The standard InChI is InChI=1S/C13H18N2O2/c1-17-13(16)10-4-5-12(11(14)8-10)15-7-6-9-2-3-9/h4-5,8-9,15H,2-3,6-7,14H2,1H3. The molecule has 1 aliphatic carbocycles. The number of benzene rings is 1. The van der Waals surface area contributed by atoms with Gasteiger partial charge in [-0.05, 0) is 30.5 Å². The molecule has 0 spiro atoms. The summed E-state index contributed by atoms with van der Waals surface area (Å²) in [5, 5.41) is 3.29. The molecular formula is C13H18N2O2. The van der Waals surface area contributed by atoms with Gasteiger partial charge in [-0.2, -0.15) is 0 Å². The Morgan fingerprint density at radius 1 is 1.53 bits per heavy atom. The third-order valence-electron chi connectivity index (χ3n) is 3.04. The van der Waals surface area contributed by atoms with Crippen LogP contribution in [0.5, 0.6) is 0 Å². The maximum absolute atomic E-state index is 11.3. The molecule has 92 valence electrons. The molecule has 0 heterocycles. The molecule has 1 saturated carbocycles. The topological polar surface area (TPSA) is 64.3 Å². The third-order valence-corrected chi connectivity index (χ3v) is 3.04. The highest BCUT2D eigenvalue weighted by molar-refractivity contribution is 5.91. The lowest BCUT2D eigenvalue weighted by Crippen LogP contribution is -2.07. The fourth-order valence-electron chi connectivity index (χ4n) is 1.79. The zero-order valence-electron chi connectivity index (χ0n) is 10.0. The van der Waals surface area contributed by atoms with Gasteiger partial charge in [0.15, 0.2) is 0 Å². The lowest BCUT2D eigenvalue weighted by Gasteiger charge is -2.10. The van der Waals surface area contributed by atoms with Gasteiger partial charge in [0.1, 0.15) is 0 Å². The van der Waals surface area contributed by atoms with Gasteiger partial charge in [0.05, 0.1) is 24.0 Å². The Hall–Kier alpha value is -1.71. The van der Waals surface area contributed by atoms with Gasteiger partial charge in [0.2, 0.25) is 0 Å². The smallest absolute Gasteiger partial charge is 0.337 e. The van der Waals surface area contributed by atoms with Gasteiger partial charge in [-0.1, -0.05) is 12.8 Å². The van der Waals surface area contributed by atoms with Crippen LogP contribution < -0.4 is 11.1 Å². The van der Waals surface area contributed by atoms with Crippen molar-refractivity contribution >= 4 is 17.3 Å². The van der Waals surface area contributed by atoms with Crippen molar-refractivity contribution < 1.29 is 9.53 Å². The van der Waals surface area contributed by atoms with Gasteiger partial charge in [-0.3, -0.25) is 0 Å². The Labute approximate surface area is 101 Å². The van der Waals surface area contributed by atoms with E-state index in [0.29, 0.717) is 11.3 Å². The minimum absolute atomic E-state index is 0.360. The lowest BCUT2D eigenvalue weighted by atomic mass is 10.1. The van der Waals surface area contributed by atoms with E-state index in [1.165, 1.54) is 26.4 Å². The molecule has 0 radical (unpaired) electrons. The number of hydrogen-bond donors (Lipinski definition) is 2. The zero-order chi connectivity index (χ0) is 12.3. The summed E-state index contributed by atoms with van der Waals surface area (Å²) in [6, 6.07) is 5.20. The van der Waals surface area contributed by atoms with E-state index in [4.69, 9.17) is 5.73 Å². The first-order chi connectivity index (χ1) is 8.20. The number of esters is 1. The summed E-state index contributed by atoms with van der Waals surface area (Å²) >= 11 is 0. The van der Waals surface area contributed by atoms with Crippen molar-refractivity contribution in [2.45, 2.75) is 19.3 Å². The molecule has 0 unspecified atom stereocenters. The van der Waals surface area contributed by atoms with Gasteiger partial charge in [0, 0.05) is 6.54 Å². The van der Waals surface area contributed by atoms with Gasteiger partial charge in [-0.15, -0.1) is 0 Å². The fraction of sp³-hybridized carbons (Fsp3) is 0.462. The number of anilines is 2. The summed E-state index contributed by atoms with van der Waals surface area (Å²) in [6.07, 6.45) is 3.91. The molecule has 0 atom stereocenters. The van der Waals surface area contributed by atoms with E-state index < -0.39 is 0 Å². The average Bonchev–Trinajstić information content (AvgIpc) is 3.14. The fourth-order valence-corrected chi connectivity index (χ4v) is 1.79. The number of carbonyl (C=O) groups excluding carboxylic acids is 1. The second-order valence-electron chi connectivity index (χ2n) is 4.45. The highest BCUT2D eigenvalue weighted by Gasteiger charge is 2.20. The van der Waals surface area contributed by atoms with Crippen LogP contribution in [0, 0.1) is 5.92 Å². The highest BCUT2D eigenvalue weighted by atomic mass is 16.5. The maximum Gasteiger partial charge on any atom is 0.337 e. The molecule has 1 aromatic rings. The number of methoxy groups -OCH3 is 1. The van der Waals surface area contributed by atoms with E-state index in [-0.39, 0.29) is 5.97 Å². The van der Waals surface area contributed by atoms with E-state index in [9.17, 15) is 4.79 Å². The van der Waals surface area contributed by atoms with E-state index in [1.54, 1.807) is 12.1 Å². The normalized spacial score (nSPS) is 14.4. The third kappa shape index (κ3) is 3.12. The van der Waals surface area contributed by atoms with E-state index in [2.05, 4.69) is 10.1 Å². The second kappa shape index (κ2) is 5.08. The number of nitrogens with two attached hydrogens (primary N) is 1. The van der Waals surface area contributed by atoms with Crippen LogP contribution >= 0.6 is 0 Å². The Bertz CT molecular complexity index is 414. The summed E-state index contributed by atoms with van der Waals surface area (Å²) in [7, 11) is 1.36. The van der Waals surface area contributed by atoms with Crippen molar-refractivity contribution in [3.05, 3.63) is 23.8 Å². The number of ether oxygens (including phenoxy) is 1. The number of rotatable bonds is 5. The molecule has 0 amide bonds. The molecule has 3 N–H and O–H groups in total. The molecule has 2 rings (SSSR count). The quantitative estimate of drug-likeness (QED) is 0.606. The summed E-state index contributed by atoms with van der Waals surface area (Å²) in [5.74, 6) is 0.541. The molecule has 0 saturated heterocycles. The van der Waals surface area contributed by atoms with Crippen LogP contribution in [0.25, 0.3) is 0 Å². The van der Waals surface area contributed by atoms with Gasteiger partial charge in [-0.25, -0.2) is 4.79 Å². The average molecular weight is 234 g/mol. The highest BCUT2D eigenvalue weighted by Crippen LogP contribution is 2.32. The minimum Gasteiger partial charge on any atom is -0.465 e. The predicted molar refractivity (Wildman–Crippen MR) is 68.0 cm³/mol. The van der Waals surface area contributed by atoms with Crippen LogP contribution in [-0.4, -0.2) is 19.6 Å². The first-order valence-corrected chi connectivity index (χ1v) is 5.92. The SMILES string of the molecule is COC(=O)c1ccc(NCCC2CC2)c(N)c1. The van der Waals surface area contributed by atoms with Crippen LogP contribution in [-0.2, 0) is 4.74 Å². The van der Waals surface area contributed by atoms with Crippen molar-refractivity contribution in [2.75, 3.05) is 24.7 Å². The molecule has 17 heavy (non-hydrogen) atoms. The molecule has 4 nitrogen and oxygen atoms in total. The molecule has 0 bridgehead atoms. The summed E-state index contributed by atoms with van der Waals surface area (Å²) in [5.41, 5.74) is 7.83. The van der Waals surface area contributed by atoms with Crippen LogP contribution in [0.1, 0.15) is 29.6 Å². The number of hydrogen-bond acceptors (Lipinski definition) is 4. The minimum atomic E-state index is -0.360. The monoisotopic (exact) mass is 234 g/mol. The maximum atomic E-state index is 11.3. The van der Waals surface area contributed by atoms with Crippen molar-refractivity contribution in [1.29, 1.82) is 0 Å². The number of nitrogens with one attached hydrogen (secondary N) is 1. The first kappa shape index (κ1) is 11.8. The molecule has 1 aromatic carbocycles. The summed E-state index contributed by atoms with van der Waals surface area (Å²) in [4.78, 5) is 11.3. The number of nitrogen functional groups attached to an aromatic ring is 1. The van der Waals surface area contributed by atoms with Crippen molar-refractivity contribution in [2.24, 2.45) is 5.92 Å². The van der Waals surface area contributed by atoms with Crippen LogP contribution in [0.2, 0.25) is 0 Å². The first-order valence-electron chi connectivity index (χ1n) is 5.92. The van der Waals surface area contributed by atoms with Crippen molar-refractivity contribution in [3.8, 4) is 0 Å². The molecule has 4 heteroatoms. The molecule has 1 aliphatic rings. The van der Waals surface area contributed by atoms with Gasteiger partial charge >= 0.3 is 5.97 Å². The molecule has 1 fully saturated rings. The molecule has 0 aromatic heterocycles. The lowest BCUT2D eigenvalue weighted by molar-refractivity contribution is 0.0601. The zero-order valence-corrected chi connectivity index (χ0v) is 10.0. The Morgan fingerprint density at radius 2 is 2.29 bits per heavy atom. The van der Waals surface area contributed by atoms with Gasteiger partial charge in [0.25, 0.3) is 0 Å². The van der Waals surface area contributed by atoms with Crippen LogP contribution in [0.15, 0.2) is 18.2 Å². The van der Waals surface area contributed by atoms with Crippen LogP contribution in [0.4, 0.5) is 11.4 Å². The van der Waals surface area contributed by atoms with E-state index >= 15 is 0 Å².